The minimum absolute atomic E-state index is 0.0166. The highest BCUT2D eigenvalue weighted by atomic mass is 16.6. The van der Waals surface area contributed by atoms with Crippen LogP contribution in [-0.2, 0) is 38.6 Å². The lowest BCUT2D eigenvalue weighted by molar-refractivity contribution is -0.152. The van der Waals surface area contributed by atoms with Crippen LogP contribution in [0.15, 0.2) is 96.0 Å². The van der Waals surface area contributed by atoms with E-state index in [9.17, 15) is 24.0 Å². The van der Waals surface area contributed by atoms with E-state index in [2.05, 4.69) is 15.6 Å². The number of likely N-dealkylation sites (tertiary alicyclic amines) is 1. The third-order valence-corrected chi connectivity index (χ3v) is 8.92. The molecule has 2 atom stereocenters. The van der Waals surface area contributed by atoms with Gasteiger partial charge >= 0.3 is 24.3 Å². The average molecular weight is 743 g/mol. The summed E-state index contributed by atoms with van der Waals surface area (Å²) in [6.07, 6.45) is 0.0609. The average Bonchev–Trinajstić information content (AvgIpc) is 3.22. The monoisotopic (exact) mass is 742 g/mol. The van der Waals surface area contributed by atoms with Crippen molar-refractivity contribution in [1.29, 1.82) is 0 Å². The van der Waals surface area contributed by atoms with Crippen LogP contribution in [-0.4, -0.2) is 96.8 Å². The van der Waals surface area contributed by atoms with Crippen LogP contribution in [0.2, 0.25) is 0 Å². The number of amides is 6. The van der Waals surface area contributed by atoms with Crippen molar-refractivity contribution in [3.8, 4) is 0 Å². The van der Waals surface area contributed by atoms with E-state index in [1.165, 1.54) is 16.9 Å². The lowest BCUT2D eigenvalue weighted by atomic mass is 9.80. The molecule has 2 saturated heterocycles. The van der Waals surface area contributed by atoms with Crippen LogP contribution >= 0.6 is 0 Å². The number of benzene rings is 3. The minimum atomic E-state index is -0.817. The Bertz CT molecular complexity index is 1620. The summed E-state index contributed by atoms with van der Waals surface area (Å²) >= 11 is 0. The van der Waals surface area contributed by atoms with E-state index in [0.29, 0.717) is 51.9 Å². The lowest BCUT2D eigenvalue weighted by Crippen LogP contribution is -2.67. The number of hydrogen-bond donors (Lipinski definition) is 2. The Kier molecular flexibility index (Phi) is 16.3. The molecule has 2 aliphatic heterocycles. The van der Waals surface area contributed by atoms with Gasteiger partial charge in [0.15, 0.2) is 0 Å². The number of methoxy groups -OCH3 is 1. The SMILES string of the molecule is CC.COC(=O)N1CCN(C(=O)N2C(=O)[C@H](CCCN=C(NC(=O)OCc3ccccc3)NC(=O)OCc3ccccc3)[C@H]2CCc2ccccc2)CC1. The standard InChI is InChI=1S/C38H44N6O8.C2H6/c1-50-38(49)43-24-22-42(23-25-43)37(48)44-32(20-19-28-12-5-2-6-13-28)31(33(44)45)18-11-21-39-34(40-35(46)51-26-29-14-7-3-8-15-29)41-36(47)52-27-30-16-9-4-10-17-30;1-2/h2-10,12-17,31-32H,11,18-27H2,1H3,(H2,39,40,41,46,47);1-2H3/t31-,32-;/m1./s1. The van der Waals surface area contributed by atoms with Gasteiger partial charge in [-0.3, -0.25) is 25.3 Å². The maximum Gasteiger partial charge on any atom is 0.414 e. The third-order valence-electron chi connectivity index (χ3n) is 8.92. The molecule has 14 heteroatoms. The van der Waals surface area contributed by atoms with Crippen LogP contribution in [0.25, 0.3) is 0 Å². The zero-order valence-corrected chi connectivity index (χ0v) is 31.1. The summed E-state index contributed by atoms with van der Waals surface area (Å²) in [5.74, 6) is -0.817. The molecule has 288 valence electrons. The second-order valence-electron chi connectivity index (χ2n) is 12.4. The van der Waals surface area contributed by atoms with Crippen molar-refractivity contribution in [3.63, 3.8) is 0 Å². The zero-order chi connectivity index (χ0) is 38.7. The Hall–Kier alpha value is -5.92. The Morgan fingerprint density at radius 1 is 0.704 bits per heavy atom. The number of β-lactam (4-membered cyclic amide) rings is 1. The highest BCUT2D eigenvalue weighted by Crippen LogP contribution is 2.35. The normalized spacial score (nSPS) is 16.1. The maximum atomic E-state index is 13.6. The topological polar surface area (TPSA) is 159 Å². The fraction of sp³-hybridized carbons (Fsp3) is 0.400. The number of nitrogens with one attached hydrogen (secondary N) is 2. The first kappa shape index (κ1) is 40.8. The molecule has 2 heterocycles. The van der Waals surface area contributed by atoms with Gasteiger partial charge in [-0.05, 0) is 42.4 Å². The fourth-order valence-corrected chi connectivity index (χ4v) is 6.13. The van der Waals surface area contributed by atoms with Gasteiger partial charge in [0.1, 0.15) is 13.2 Å². The molecule has 0 aromatic heterocycles. The summed E-state index contributed by atoms with van der Waals surface area (Å²) in [7, 11) is 1.32. The summed E-state index contributed by atoms with van der Waals surface area (Å²) in [5.41, 5.74) is 2.67. The molecule has 2 fully saturated rings. The number of rotatable bonds is 11. The van der Waals surface area contributed by atoms with Crippen LogP contribution in [0.3, 0.4) is 0 Å². The third kappa shape index (κ3) is 12.1. The Balaban J connectivity index is 0.00000319. The second-order valence-corrected chi connectivity index (χ2v) is 12.4. The number of alkyl carbamates (subject to hydrolysis) is 2. The Labute approximate surface area is 316 Å². The maximum absolute atomic E-state index is 13.6. The minimum Gasteiger partial charge on any atom is -0.453 e. The number of hydrogen-bond acceptors (Lipinski definition) is 9. The van der Waals surface area contributed by atoms with Gasteiger partial charge in [-0.15, -0.1) is 0 Å². The highest BCUT2D eigenvalue weighted by Gasteiger charge is 2.51. The molecule has 0 saturated carbocycles. The van der Waals surface area contributed by atoms with Crippen molar-refractivity contribution < 1.29 is 38.2 Å². The number of aliphatic imine (C=N–C) groups is 1. The van der Waals surface area contributed by atoms with E-state index < -0.39 is 24.2 Å². The van der Waals surface area contributed by atoms with Crippen molar-refractivity contribution >= 4 is 36.2 Å². The molecule has 0 bridgehead atoms. The second kappa shape index (κ2) is 21.6. The molecule has 3 aromatic carbocycles. The van der Waals surface area contributed by atoms with Crippen molar-refractivity contribution in [2.24, 2.45) is 10.9 Å². The molecule has 0 unspecified atom stereocenters. The number of ether oxygens (including phenoxy) is 3. The number of imide groups is 1. The molecular weight excluding hydrogens is 692 g/mol. The molecule has 14 nitrogen and oxygen atoms in total. The first-order valence-corrected chi connectivity index (χ1v) is 18.3. The predicted octanol–water partition coefficient (Wildman–Crippen LogP) is 5.97. The molecule has 54 heavy (non-hydrogen) atoms. The number of urea groups is 1. The summed E-state index contributed by atoms with van der Waals surface area (Å²) in [6.45, 7) is 5.43. The van der Waals surface area contributed by atoms with Crippen molar-refractivity contribution in [3.05, 3.63) is 108 Å². The van der Waals surface area contributed by atoms with Gasteiger partial charge < -0.3 is 24.0 Å². The number of nitrogens with zero attached hydrogens (tertiary/aromatic N) is 4. The van der Waals surface area contributed by atoms with Gasteiger partial charge in [-0.1, -0.05) is 105 Å². The zero-order valence-electron chi connectivity index (χ0n) is 31.1. The lowest BCUT2D eigenvalue weighted by Gasteiger charge is -2.48. The molecule has 3 aromatic rings. The fourth-order valence-electron chi connectivity index (χ4n) is 6.13. The summed E-state index contributed by atoms with van der Waals surface area (Å²) in [4.78, 5) is 73.2. The smallest absolute Gasteiger partial charge is 0.414 e. The van der Waals surface area contributed by atoms with Gasteiger partial charge in [0.05, 0.1) is 19.1 Å². The largest absolute Gasteiger partial charge is 0.453 e. The molecule has 0 aliphatic carbocycles. The molecule has 0 radical (unpaired) electrons. The summed E-state index contributed by atoms with van der Waals surface area (Å²) in [5, 5.41) is 4.96. The number of carbonyl (C=O) groups excluding carboxylic acids is 5. The number of piperazine rings is 1. The van der Waals surface area contributed by atoms with Gasteiger partial charge in [0.2, 0.25) is 11.9 Å². The van der Waals surface area contributed by atoms with Gasteiger partial charge in [-0.2, -0.15) is 0 Å². The number of aryl methyl sites for hydroxylation is 1. The summed E-state index contributed by atoms with van der Waals surface area (Å²) < 4.78 is 15.4. The van der Waals surface area contributed by atoms with E-state index in [1.807, 2.05) is 105 Å². The van der Waals surface area contributed by atoms with E-state index in [4.69, 9.17) is 14.2 Å². The van der Waals surface area contributed by atoms with E-state index in [1.54, 1.807) is 4.90 Å². The molecule has 5 rings (SSSR count). The molecule has 2 aliphatic rings. The molecule has 6 amide bonds. The summed E-state index contributed by atoms with van der Waals surface area (Å²) in [6, 6.07) is 27.5. The first-order chi connectivity index (χ1) is 26.3. The van der Waals surface area contributed by atoms with Crippen LogP contribution in [0.1, 0.15) is 49.8 Å². The highest BCUT2D eigenvalue weighted by molar-refractivity contribution is 6.02. The molecule has 2 N–H and O–H groups in total. The molecule has 0 spiro atoms. The van der Waals surface area contributed by atoms with Gasteiger partial charge in [0, 0.05) is 32.7 Å². The van der Waals surface area contributed by atoms with Crippen molar-refractivity contribution in [2.75, 3.05) is 39.8 Å². The first-order valence-electron chi connectivity index (χ1n) is 18.3. The van der Waals surface area contributed by atoms with E-state index >= 15 is 0 Å². The van der Waals surface area contributed by atoms with Crippen LogP contribution in [0.5, 0.6) is 0 Å². The quantitative estimate of drug-likeness (QED) is 0.0800. The predicted molar refractivity (Wildman–Crippen MR) is 202 cm³/mol. The van der Waals surface area contributed by atoms with Crippen molar-refractivity contribution in [1.82, 2.24) is 25.3 Å². The molecular formula is C40H50N6O8. The van der Waals surface area contributed by atoms with Gasteiger partial charge in [0.25, 0.3) is 0 Å². The van der Waals surface area contributed by atoms with E-state index in [0.717, 1.165) is 16.7 Å². The number of guanidine groups is 1. The van der Waals surface area contributed by atoms with Crippen molar-refractivity contribution in [2.45, 2.75) is 58.8 Å². The van der Waals surface area contributed by atoms with Crippen LogP contribution in [0, 0.1) is 5.92 Å². The Morgan fingerprint density at radius 3 is 1.69 bits per heavy atom. The van der Waals surface area contributed by atoms with Crippen LogP contribution in [0.4, 0.5) is 19.2 Å². The number of carbonyl (C=O) groups is 5. The van der Waals surface area contributed by atoms with Gasteiger partial charge in [-0.25, -0.2) is 19.2 Å². The van der Waals surface area contributed by atoms with E-state index in [-0.39, 0.29) is 43.7 Å². The Morgan fingerprint density at radius 2 is 1.19 bits per heavy atom. The van der Waals surface area contributed by atoms with Crippen LogP contribution < -0.4 is 10.6 Å².